The molecule has 0 N–H and O–H groups in total. The van der Waals surface area contributed by atoms with Crippen LogP contribution < -0.4 is 4.57 Å². The Kier molecular flexibility index (Phi) is 34.3. The van der Waals surface area contributed by atoms with E-state index in [1.165, 1.54) is 251 Å². The predicted molar refractivity (Wildman–Crippen MR) is 212 cm³/mol. The van der Waals surface area contributed by atoms with E-state index in [4.69, 9.17) is 0 Å². The number of aryl methyl sites for hydroxylation is 2. The first-order valence-electron chi connectivity index (χ1n) is 22.4. The van der Waals surface area contributed by atoms with E-state index in [0.717, 1.165) is 0 Å². The summed E-state index contributed by atoms with van der Waals surface area (Å²) in [5, 5.41) is 0. The second kappa shape index (κ2) is 36.5. The summed E-state index contributed by atoms with van der Waals surface area (Å²) in [6, 6.07) is 0. The van der Waals surface area contributed by atoms with Crippen LogP contribution in [0.4, 0.5) is 0 Å². The predicted octanol–water partition coefficient (Wildman–Crippen LogP) is 15.4. The van der Waals surface area contributed by atoms with Gasteiger partial charge in [0.2, 0.25) is 0 Å². The van der Waals surface area contributed by atoms with Gasteiger partial charge in [-0.2, -0.15) is 0 Å². The number of imidazole rings is 1. The minimum absolute atomic E-state index is 1.23. The van der Waals surface area contributed by atoms with E-state index in [0.29, 0.717) is 0 Å². The summed E-state index contributed by atoms with van der Waals surface area (Å²) in [5.41, 5.74) is 0. The molecule has 2 nitrogen and oxygen atoms in total. The standard InChI is InChI=1S/C45H89N2/c1-4-7-10-13-16-19-22-24-27-30-33-36-39-42-47-44-43-46(41-38-35-32-29-26-23-20-17-14-11-8-5-2)45(47)40-37-34-31-28-25-21-18-15-12-9-6-3/h43-44H,4-42H2,1-3H3/q+1. The van der Waals surface area contributed by atoms with Crippen molar-refractivity contribution in [3.8, 4) is 0 Å². The molecule has 0 spiro atoms. The lowest BCUT2D eigenvalue weighted by molar-refractivity contribution is -0.704. The zero-order chi connectivity index (χ0) is 33.7. The van der Waals surface area contributed by atoms with Crippen LogP contribution in [0, 0.1) is 0 Å². The van der Waals surface area contributed by atoms with Gasteiger partial charge in [0.25, 0.3) is 5.82 Å². The van der Waals surface area contributed by atoms with Crippen molar-refractivity contribution in [1.82, 2.24) is 4.57 Å². The molecule has 0 saturated carbocycles. The third-order valence-corrected chi connectivity index (χ3v) is 10.8. The smallest absolute Gasteiger partial charge is 0.234 e. The molecule has 0 unspecified atom stereocenters. The highest BCUT2D eigenvalue weighted by molar-refractivity contribution is 4.84. The average molecular weight is 658 g/mol. The molecule has 0 aliphatic rings. The molecule has 0 radical (unpaired) electrons. The topological polar surface area (TPSA) is 8.81 Å². The van der Waals surface area contributed by atoms with Gasteiger partial charge in [0.05, 0.1) is 13.1 Å². The first kappa shape index (κ1) is 44.2. The van der Waals surface area contributed by atoms with E-state index in [-0.39, 0.29) is 0 Å². The molecule has 0 atom stereocenters. The average Bonchev–Trinajstić information content (AvgIpc) is 3.47. The van der Waals surface area contributed by atoms with Crippen LogP contribution in [0.2, 0.25) is 0 Å². The molecular weight excluding hydrogens is 569 g/mol. The number of aromatic nitrogens is 2. The van der Waals surface area contributed by atoms with Crippen LogP contribution in [-0.2, 0) is 19.5 Å². The van der Waals surface area contributed by atoms with E-state index < -0.39 is 0 Å². The summed E-state index contributed by atoms with van der Waals surface area (Å²) in [6.45, 7) is 9.41. The number of unbranched alkanes of at least 4 members (excludes halogenated alkanes) is 33. The number of hydrogen-bond donors (Lipinski definition) is 0. The molecule has 1 aromatic rings. The van der Waals surface area contributed by atoms with Gasteiger partial charge >= 0.3 is 0 Å². The zero-order valence-corrected chi connectivity index (χ0v) is 33.1. The SMILES string of the molecule is CCCCCCCCCCCCCCC[n+]1ccn(CCCCCCCCCCCCCC)c1CCCCCCCCCCCCC. The van der Waals surface area contributed by atoms with Gasteiger partial charge in [0.1, 0.15) is 12.4 Å². The van der Waals surface area contributed by atoms with Crippen LogP contribution in [0.3, 0.4) is 0 Å². The quantitative estimate of drug-likeness (QED) is 0.0492. The lowest BCUT2D eigenvalue weighted by Gasteiger charge is -2.07. The molecule has 1 rings (SSSR count). The second-order valence-corrected chi connectivity index (χ2v) is 15.5. The van der Waals surface area contributed by atoms with Crippen molar-refractivity contribution < 1.29 is 4.57 Å². The van der Waals surface area contributed by atoms with Crippen LogP contribution >= 0.6 is 0 Å². The van der Waals surface area contributed by atoms with Crippen molar-refractivity contribution in [1.29, 1.82) is 0 Å². The van der Waals surface area contributed by atoms with Crippen molar-refractivity contribution in [2.75, 3.05) is 0 Å². The van der Waals surface area contributed by atoms with Crippen LogP contribution in [0.5, 0.6) is 0 Å². The van der Waals surface area contributed by atoms with E-state index >= 15 is 0 Å². The van der Waals surface area contributed by atoms with Gasteiger partial charge in [-0.25, -0.2) is 9.13 Å². The Bertz CT molecular complexity index is 722. The summed E-state index contributed by atoms with van der Waals surface area (Å²) >= 11 is 0. The summed E-state index contributed by atoms with van der Waals surface area (Å²) in [4.78, 5) is 0. The molecule has 0 bridgehead atoms. The molecule has 0 fully saturated rings. The van der Waals surface area contributed by atoms with Gasteiger partial charge in [-0.05, 0) is 32.1 Å². The lowest BCUT2D eigenvalue weighted by Crippen LogP contribution is -2.37. The maximum atomic E-state index is 2.65. The van der Waals surface area contributed by atoms with Gasteiger partial charge in [0.15, 0.2) is 0 Å². The highest BCUT2D eigenvalue weighted by Gasteiger charge is 2.16. The van der Waals surface area contributed by atoms with Crippen LogP contribution in [0.15, 0.2) is 12.4 Å². The summed E-state index contributed by atoms with van der Waals surface area (Å²) in [5.74, 6) is 1.63. The summed E-state index contributed by atoms with van der Waals surface area (Å²) < 4.78 is 5.30. The summed E-state index contributed by atoms with van der Waals surface area (Å²) in [6.07, 6.45) is 57.8. The Labute approximate surface area is 298 Å². The molecule has 0 amide bonds. The number of rotatable bonds is 39. The zero-order valence-electron chi connectivity index (χ0n) is 33.1. The third kappa shape index (κ3) is 28.7. The Morgan fingerprint density at radius 2 is 0.660 bits per heavy atom. The molecule has 1 aromatic heterocycles. The Hall–Kier alpha value is -0.790. The van der Waals surface area contributed by atoms with E-state index in [1.807, 2.05) is 0 Å². The van der Waals surface area contributed by atoms with E-state index in [1.54, 1.807) is 5.82 Å². The molecule has 47 heavy (non-hydrogen) atoms. The molecule has 278 valence electrons. The summed E-state index contributed by atoms with van der Waals surface area (Å²) in [7, 11) is 0. The maximum Gasteiger partial charge on any atom is 0.256 e. The van der Waals surface area contributed by atoms with Crippen LogP contribution in [-0.4, -0.2) is 4.57 Å². The second-order valence-electron chi connectivity index (χ2n) is 15.5. The first-order valence-corrected chi connectivity index (χ1v) is 22.4. The van der Waals surface area contributed by atoms with E-state index in [2.05, 4.69) is 42.3 Å². The minimum atomic E-state index is 1.23. The highest BCUT2D eigenvalue weighted by atomic mass is 15.1. The van der Waals surface area contributed by atoms with Gasteiger partial charge < -0.3 is 0 Å². The fourth-order valence-corrected chi connectivity index (χ4v) is 7.56. The molecular formula is C45H89N2+. The number of hydrogen-bond acceptors (Lipinski definition) is 0. The molecule has 0 saturated heterocycles. The normalized spacial score (nSPS) is 11.6. The van der Waals surface area contributed by atoms with E-state index in [9.17, 15) is 0 Å². The Balaban J connectivity index is 2.28. The minimum Gasteiger partial charge on any atom is -0.234 e. The molecule has 1 heterocycles. The molecule has 0 aromatic carbocycles. The lowest BCUT2D eigenvalue weighted by atomic mass is 10.0. The highest BCUT2D eigenvalue weighted by Crippen LogP contribution is 2.16. The fourth-order valence-electron chi connectivity index (χ4n) is 7.56. The van der Waals surface area contributed by atoms with Gasteiger partial charge in [-0.3, -0.25) is 0 Å². The Morgan fingerprint density at radius 1 is 0.362 bits per heavy atom. The fraction of sp³-hybridized carbons (Fsp3) is 0.933. The van der Waals surface area contributed by atoms with Crippen molar-refractivity contribution in [3.63, 3.8) is 0 Å². The van der Waals surface area contributed by atoms with Gasteiger partial charge in [0, 0.05) is 6.42 Å². The molecule has 2 heteroatoms. The third-order valence-electron chi connectivity index (χ3n) is 10.8. The number of nitrogens with zero attached hydrogens (tertiary/aromatic N) is 2. The molecule has 0 aliphatic heterocycles. The van der Waals surface area contributed by atoms with Crippen molar-refractivity contribution in [2.45, 2.75) is 271 Å². The maximum absolute atomic E-state index is 2.65. The Morgan fingerprint density at radius 3 is 1.02 bits per heavy atom. The monoisotopic (exact) mass is 658 g/mol. The van der Waals surface area contributed by atoms with Crippen molar-refractivity contribution in [3.05, 3.63) is 18.2 Å². The largest absolute Gasteiger partial charge is 0.256 e. The van der Waals surface area contributed by atoms with Crippen molar-refractivity contribution >= 4 is 0 Å². The molecule has 0 aliphatic carbocycles. The van der Waals surface area contributed by atoms with Gasteiger partial charge in [-0.1, -0.05) is 220 Å². The van der Waals surface area contributed by atoms with Crippen LogP contribution in [0.25, 0.3) is 0 Å². The van der Waals surface area contributed by atoms with Gasteiger partial charge in [-0.15, -0.1) is 0 Å². The first-order chi connectivity index (χ1) is 23.3. The van der Waals surface area contributed by atoms with Crippen molar-refractivity contribution in [2.24, 2.45) is 0 Å². The van der Waals surface area contributed by atoms with Crippen LogP contribution in [0.1, 0.15) is 258 Å².